The average molecular weight is 242 g/mol. The third-order valence-electron chi connectivity index (χ3n) is 2.56. The minimum atomic E-state index is -3.37. The van der Waals surface area contributed by atoms with Gasteiger partial charge in [0.15, 0.2) is 0 Å². The van der Waals surface area contributed by atoms with Crippen molar-refractivity contribution in [2.45, 2.75) is 31.3 Å². The van der Waals surface area contributed by atoms with Gasteiger partial charge < -0.3 is 5.73 Å². The lowest BCUT2D eigenvalue weighted by Crippen LogP contribution is -2.33. The van der Waals surface area contributed by atoms with Crippen molar-refractivity contribution >= 4 is 10.0 Å². The fourth-order valence-corrected chi connectivity index (χ4v) is 2.61. The summed E-state index contributed by atoms with van der Waals surface area (Å²) >= 11 is 0. The minimum Gasteiger partial charge on any atom is -0.326 e. The Morgan fingerprint density at radius 1 is 1.25 bits per heavy atom. The highest BCUT2D eigenvalue weighted by Crippen LogP contribution is 2.16. The Balaban J connectivity index is 3.08. The molecule has 1 aromatic rings. The molecule has 0 saturated heterocycles. The molecule has 0 spiro atoms. The summed E-state index contributed by atoms with van der Waals surface area (Å²) in [5.74, 6) is 0. The van der Waals surface area contributed by atoms with Gasteiger partial charge in [-0.2, -0.15) is 4.31 Å². The van der Waals surface area contributed by atoms with Crippen LogP contribution >= 0.6 is 0 Å². The molecule has 0 aromatic heterocycles. The molecule has 2 N–H and O–H groups in total. The Morgan fingerprint density at radius 2 is 1.75 bits per heavy atom. The van der Waals surface area contributed by atoms with E-state index in [0.717, 1.165) is 5.56 Å². The fourth-order valence-electron chi connectivity index (χ4n) is 1.24. The zero-order valence-electron chi connectivity index (χ0n) is 9.84. The maximum absolute atomic E-state index is 12.1. The number of sulfonamides is 1. The Hall–Kier alpha value is -0.910. The summed E-state index contributed by atoms with van der Waals surface area (Å²) in [6.07, 6.45) is 0. The summed E-state index contributed by atoms with van der Waals surface area (Å²) in [5, 5.41) is 0. The van der Waals surface area contributed by atoms with Crippen LogP contribution in [0, 0.1) is 0 Å². The van der Waals surface area contributed by atoms with E-state index in [1.807, 2.05) is 13.8 Å². The standard InChI is InChI=1S/C11H18N2O2S/c1-9(2)13(3)16(14,15)11-6-4-10(8-12)5-7-11/h4-7,9H,8,12H2,1-3H3. The largest absolute Gasteiger partial charge is 0.326 e. The van der Waals surface area contributed by atoms with E-state index < -0.39 is 10.0 Å². The van der Waals surface area contributed by atoms with Crippen molar-refractivity contribution in [3.63, 3.8) is 0 Å². The smallest absolute Gasteiger partial charge is 0.243 e. The van der Waals surface area contributed by atoms with E-state index in [-0.39, 0.29) is 6.04 Å². The molecule has 0 aliphatic rings. The van der Waals surface area contributed by atoms with Gasteiger partial charge in [-0.15, -0.1) is 0 Å². The molecule has 0 amide bonds. The van der Waals surface area contributed by atoms with Crippen LogP contribution < -0.4 is 5.73 Å². The molecule has 16 heavy (non-hydrogen) atoms. The Kier molecular flexibility index (Phi) is 4.07. The predicted molar refractivity (Wildman–Crippen MR) is 64.4 cm³/mol. The van der Waals surface area contributed by atoms with Crippen molar-refractivity contribution in [2.75, 3.05) is 7.05 Å². The first-order valence-corrected chi connectivity index (χ1v) is 6.60. The molecule has 5 heteroatoms. The van der Waals surface area contributed by atoms with E-state index >= 15 is 0 Å². The van der Waals surface area contributed by atoms with Gasteiger partial charge in [0.05, 0.1) is 4.90 Å². The van der Waals surface area contributed by atoms with E-state index in [2.05, 4.69) is 0 Å². The van der Waals surface area contributed by atoms with Crippen molar-refractivity contribution in [3.8, 4) is 0 Å². The summed E-state index contributed by atoms with van der Waals surface area (Å²) in [4.78, 5) is 0.306. The topological polar surface area (TPSA) is 63.4 Å². The second kappa shape index (κ2) is 4.95. The molecule has 4 nitrogen and oxygen atoms in total. The van der Waals surface area contributed by atoms with Crippen LogP contribution in [0.4, 0.5) is 0 Å². The number of nitrogens with two attached hydrogens (primary N) is 1. The maximum Gasteiger partial charge on any atom is 0.243 e. The van der Waals surface area contributed by atoms with E-state index in [0.29, 0.717) is 11.4 Å². The summed E-state index contributed by atoms with van der Waals surface area (Å²) in [5.41, 5.74) is 6.38. The molecule has 1 rings (SSSR count). The van der Waals surface area contributed by atoms with Crippen LogP contribution in [0.25, 0.3) is 0 Å². The summed E-state index contributed by atoms with van der Waals surface area (Å²) in [6, 6.07) is 6.61. The fraction of sp³-hybridized carbons (Fsp3) is 0.455. The van der Waals surface area contributed by atoms with Crippen LogP contribution in [-0.2, 0) is 16.6 Å². The van der Waals surface area contributed by atoms with Crippen LogP contribution in [0.3, 0.4) is 0 Å². The molecule has 0 fully saturated rings. The van der Waals surface area contributed by atoms with Gasteiger partial charge in [0.2, 0.25) is 10.0 Å². The molecule has 0 atom stereocenters. The van der Waals surface area contributed by atoms with Crippen LogP contribution in [0.2, 0.25) is 0 Å². The van der Waals surface area contributed by atoms with Crippen LogP contribution in [0.1, 0.15) is 19.4 Å². The third-order valence-corrected chi connectivity index (χ3v) is 4.61. The number of rotatable bonds is 4. The van der Waals surface area contributed by atoms with Gasteiger partial charge in [0.1, 0.15) is 0 Å². The molecule has 0 aliphatic heterocycles. The summed E-state index contributed by atoms with van der Waals surface area (Å²) in [7, 11) is -1.79. The van der Waals surface area contributed by atoms with E-state index in [1.165, 1.54) is 4.31 Å². The van der Waals surface area contributed by atoms with Crippen molar-refractivity contribution < 1.29 is 8.42 Å². The van der Waals surface area contributed by atoms with Gasteiger partial charge in [-0.1, -0.05) is 12.1 Å². The third kappa shape index (κ3) is 2.61. The highest BCUT2D eigenvalue weighted by atomic mass is 32.2. The van der Waals surface area contributed by atoms with Crippen molar-refractivity contribution in [3.05, 3.63) is 29.8 Å². The SMILES string of the molecule is CC(C)N(C)S(=O)(=O)c1ccc(CN)cc1. The molecular weight excluding hydrogens is 224 g/mol. The lowest BCUT2D eigenvalue weighted by atomic mass is 10.2. The van der Waals surface area contributed by atoms with E-state index in [9.17, 15) is 8.42 Å². The monoisotopic (exact) mass is 242 g/mol. The first kappa shape index (κ1) is 13.2. The van der Waals surface area contributed by atoms with Crippen LogP contribution in [0.15, 0.2) is 29.2 Å². The molecule has 0 unspecified atom stereocenters. The van der Waals surface area contributed by atoms with Gasteiger partial charge in [-0.05, 0) is 31.5 Å². The van der Waals surface area contributed by atoms with Gasteiger partial charge >= 0.3 is 0 Å². The zero-order chi connectivity index (χ0) is 12.3. The van der Waals surface area contributed by atoms with Crippen molar-refractivity contribution in [1.29, 1.82) is 0 Å². The summed E-state index contributed by atoms with van der Waals surface area (Å²) in [6.45, 7) is 4.10. The Morgan fingerprint density at radius 3 is 2.12 bits per heavy atom. The molecule has 0 radical (unpaired) electrons. The van der Waals surface area contributed by atoms with Crippen LogP contribution in [0.5, 0.6) is 0 Å². The Labute approximate surface area is 97.1 Å². The van der Waals surface area contributed by atoms with E-state index in [4.69, 9.17) is 5.73 Å². The normalized spacial score (nSPS) is 12.4. The molecule has 0 bridgehead atoms. The first-order chi connectivity index (χ1) is 7.39. The molecule has 1 aromatic carbocycles. The zero-order valence-corrected chi connectivity index (χ0v) is 10.7. The molecule has 0 heterocycles. The first-order valence-electron chi connectivity index (χ1n) is 5.16. The lowest BCUT2D eigenvalue weighted by Gasteiger charge is -2.20. The average Bonchev–Trinajstić information content (AvgIpc) is 2.28. The van der Waals surface area contributed by atoms with Gasteiger partial charge in [0, 0.05) is 19.6 Å². The Bertz CT molecular complexity index is 438. The second-order valence-corrected chi connectivity index (χ2v) is 5.96. The van der Waals surface area contributed by atoms with Gasteiger partial charge in [-0.3, -0.25) is 0 Å². The van der Waals surface area contributed by atoms with Crippen LogP contribution in [-0.4, -0.2) is 25.8 Å². The molecule has 90 valence electrons. The van der Waals surface area contributed by atoms with Crippen molar-refractivity contribution in [1.82, 2.24) is 4.31 Å². The van der Waals surface area contributed by atoms with Crippen molar-refractivity contribution in [2.24, 2.45) is 5.73 Å². The number of nitrogens with zero attached hydrogens (tertiary/aromatic N) is 1. The molecule has 0 saturated carbocycles. The lowest BCUT2D eigenvalue weighted by molar-refractivity contribution is 0.410. The molecular formula is C11H18N2O2S. The number of hydrogen-bond acceptors (Lipinski definition) is 3. The number of hydrogen-bond donors (Lipinski definition) is 1. The second-order valence-electron chi connectivity index (χ2n) is 3.96. The van der Waals surface area contributed by atoms with Gasteiger partial charge in [0.25, 0.3) is 0 Å². The van der Waals surface area contributed by atoms with Gasteiger partial charge in [-0.25, -0.2) is 8.42 Å². The maximum atomic E-state index is 12.1. The predicted octanol–water partition coefficient (Wildman–Crippen LogP) is 1.17. The highest BCUT2D eigenvalue weighted by Gasteiger charge is 2.22. The highest BCUT2D eigenvalue weighted by molar-refractivity contribution is 7.89. The summed E-state index contributed by atoms with van der Waals surface area (Å²) < 4.78 is 25.5. The molecule has 0 aliphatic carbocycles. The number of benzene rings is 1. The quantitative estimate of drug-likeness (QED) is 0.862. The van der Waals surface area contributed by atoms with E-state index in [1.54, 1.807) is 31.3 Å². The minimum absolute atomic E-state index is 0.0563.